The predicted molar refractivity (Wildman–Crippen MR) is 113 cm³/mol. The van der Waals surface area contributed by atoms with E-state index in [-0.39, 0.29) is 23.4 Å². The minimum absolute atomic E-state index is 0.0302. The molecule has 0 aliphatic rings. The molecule has 8 heteroatoms. The molecule has 1 atom stereocenters. The van der Waals surface area contributed by atoms with Gasteiger partial charge in [0.2, 0.25) is 15.9 Å². The van der Waals surface area contributed by atoms with Crippen LogP contribution in [0.3, 0.4) is 0 Å². The first-order chi connectivity index (χ1) is 13.3. The summed E-state index contributed by atoms with van der Waals surface area (Å²) in [5.74, 6) is -0.252. The number of nitrogens with zero attached hydrogens (tertiary/aromatic N) is 1. The molecule has 2 N–H and O–H groups in total. The van der Waals surface area contributed by atoms with E-state index in [2.05, 4.69) is 10.6 Å². The number of anilines is 1. The second-order valence-corrected chi connectivity index (χ2v) is 8.69. The molecule has 0 saturated heterocycles. The topological polar surface area (TPSA) is 78.5 Å². The average Bonchev–Trinajstić information content (AvgIpc) is 2.67. The smallest absolute Gasteiger partial charge is 0.243 e. The Morgan fingerprint density at radius 1 is 1.11 bits per heavy atom. The van der Waals surface area contributed by atoms with Gasteiger partial charge >= 0.3 is 0 Å². The Labute approximate surface area is 171 Å². The number of amides is 1. The molecule has 6 nitrogen and oxygen atoms in total. The monoisotopic (exact) mass is 423 g/mol. The van der Waals surface area contributed by atoms with Gasteiger partial charge in [0.05, 0.1) is 11.4 Å². The number of sulfonamides is 1. The molecule has 2 aromatic carbocycles. The molecule has 0 unspecified atom stereocenters. The molecule has 0 fully saturated rings. The number of hydrogen-bond donors (Lipinski definition) is 2. The Hall–Kier alpha value is -1.93. The van der Waals surface area contributed by atoms with Gasteiger partial charge in [-0.3, -0.25) is 4.79 Å². The van der Waals surface area contributed by atoms with Crippen molar-refractivity contribution in [3.05, 3.63) is 59.1 Å². The first-order valence-corrected chi connectivity index (χ1v) is 11.0. The lowest BCUT2D eigenvalue weighted by Crippen LogP contribution is -2.31. The fraction of sp³-hybridized carbons (Fsp3) is 0.350. The summed E-state index contributed by atoms with van der Waals surface area (Å²) in [6, 6.07) is 13.7. The van der Waals surface area contributed by atoms with Crippen LogP contribution in [0.5, 0.6) is 0 Å². The zero-order valence-electron chi connectivity index (χ0n) is 16.3. The van der Waals surface area contributed by atoms with Crippen LogP contribution < -0.4 is 10.6 Å². The molecular formula is C20H26ClN3O3S. The zero-order valence-corrected chi connectivity index (χ0v) is 17.8. The second-order valence-electron chi connectivity index (χ2n) is 6.32. The fourth-order valence-corrected chi connectivity index (χ4v) is 4.40. The molecule has 2 rings (SSSR count). The SMILES string of the molecule is CCN(CC)S(=O)(=O)c1cccc(NC(=O)CN[C@@H](C)c2ccc(Cl)cc2)c1. The molecule has 152 valence electrons. The van der Waals surface area contributed by atoms with E-state index in [9.17, 15) is 13.2 Å². The van der Waals surface area contributed by atoms with Crippen LogP contribution in [0.1, 0.15) is 32.4 Å². The van der Waals surface area contributed by atoms with Crippen molar-refractivity contribution < 1.29 is 13.2 Å². The lowest BCUT2D eigenvalue weighted by atomic mass is 10.1. The number of carbonyl (C=O) groups excluding carboxylic acids is 1. The van der Waals surface area contributed by atoms with E-state index in [4.69, 9.17) is 11.6 Å². The van der Waals surface area contributed by atoms with Crippen LogP contribution in [0.25, 0.3) is 0 Å². The van der Waals surface area contributed by atoms with E-state index in [1.165, 1.54) is 16.4 Å². The van der Waals surface area contributed by atoms with Crippen molar-refractivity contribution >= 4 is 33.2 Å². The highest BCUT2D eigenvalue weighted by Crippen LogP contribution is 2.20. The van der Waals surface area contributed by atoms with Gasteiger partial charge in [0, 0.05) is 29.8 Å². The van der Waals surface area contributed by atoms with Gasteiger partial charge in [-0.1, -0.05) is 43.6 Å². The van der Waals surface area contributed by atoms with Gasteiger partial charge in [-0.05, 0) is 42.8 Å². The van der Waals surface area contributed by atoms with Crippen molar-refractivity contribution in [2.75, 3.05) is 25.0 Å². The summed E-state index contributed by atoms with van der Waals surface area (Å²) in [5, 5.41) is 6.54. The summed E-state index contributed by atoms with van der Waals surface area (Å²) in [4.78, 5) is 12.4. The Morgan fingerprint density at radius 2 is 1.75 bits per heavy atom. The number of hydrogen-bond acceptors (Lipinski definition) is 4. The quantitative estimate of drug-likeness (QED) is 0.645. The summed E-state index contributed by atoms with van der Waals surface area (Å²) >= 11 is 5.89. The van der Waals surface area contributed by atoms with E-state index < -0.39 is 10.0 Å². The third kappa shape index (κ3) is 5.78. The molecule has 0 spiro atoms. The minimum atomic E-state index is -3.57. The highest BCUT2D eigenvalue weighted by atomic mass is 35.5. The highest BCUT2D eigenvalue weighted by molar-refractivity contribution is 7.89. The van der Waals surface area contributed by atoms with E-state index in [0.717, 1.165) is 5.56 Å². The van der Waals surface area contributed by atoms with Gasteiger partial charge in [-0.15, -0.1) is 0 Å². The molecule has 0 radical (unpaired) electrons. The van der Waals surface area contributed by atoms with Gasteiger partial charge in [-0.2, -0.15) is 4.31 Å². The lowest BCUT2D eigenvalue weighted by Gasteiger charge is -2.19. The molecule has 0 bridgehead atoms. The number of rotatable bonds is 9. The zero-order chi connectivity index (χ0) is 20.7. The minimum Gasteiger partial charge on any atom is -0.325 e. The predicted octanol–water partition coefficient (Wildman–Crippen LogP) is 3.66. The Morgan fingerprint density at radius 3 is 2.36 bits per heavy atom. The molecule has 0 aromatic heterocycles. The van der Waals surface area contributed by atoms with Crippen molar-refractivity contribution in [2.45, 2.75) is 31.7 Å². The third-order valence-corrected chi connectivity index (χ3v) is 6.70. The van der Waals surface area contributed by atoms with Crippen molar-refractivity contribution in [3.8, 4) is 0 Å². The van der Waals surface area contributed by atoms with Gasteiger partial charge in [0.25, 0.3) is 0 Å². The van der Waals surface area contributed by atoms with E-state index in [1.54, 1.807) is 38.1 Å². The van der Waals surface area contributed by atoms with E-state index in [1.807, 2.05) is 19.1 Å². The number of carbonyl (C=O) groups is 1. The normalized spacial score (nSPS) is 12.8. The summed E-state index contributed by atoms with van der Waals surface area (Å²) in [7, 11) is -3.57. The Kier molecular flexibility index (Phi) is 8.00. The van der Waals surface area contributed by atoms with Gasteiger partial charge in [-0.25, -0.2) is 8.42 Å². The third-order valence-electron chi connectivity index (χ3n) is 4.40. The summed E-state index contributed by atoms with van der Waals surface area (Å²) < 4.78 is 26.6. The second kappa shape index (κ2) is 10.0. The molecule has 1 amide bonds. The van der Waals surface area contributed by atoms with Crippen LogP contribution in [0.4, 0.5) is 5.69 Å². The highest BCUT2D eigenvalue weighted by Gasteiger charge is 2.21. The molecule has 0 heterocycles. The Bertz CT molecular complexity index is 897. The Balaban J connectivity index is 2.00. The van der Waals surface area contributed by atoms with E-state index in [0.29, 0.717) is 23.8 Å². The van der Waals surface area contributed by atoms with Gasteiger partial charge < -0.3 is 10.6 Å². The van der Waals surface area contributed by atoms with Gasteiger partial charge in [0.1, 0.15) is 0 Å². The van der Waals surface area contributed by atoms with Crippen molar-refractivity contribution in [3.63, 3.8) is 0 Å². The number of benzene rings is 2. The summed E-state index contributed by atoms with van der Waals surface area (Å²) in [6.45, 7) is 6.41. The molecule has 2 aromatic rings. The van der Waals surface area contributed by atoms with Gasteiger partial charge in [0.15, 0.2) is 0 Å². The molecule has 28 heavy (non-hydrogen) atoms. The van der Waals surface area contributed by atoms with Crippen LogP contribution in [-0.4, -0.2) is 38.3 Å². The van der Waals surface area contributed by atoms with Crippen LogP contribution in [0.15, 0.2) is 53.4 Å². The van der Waals surface area contributed by atoms with Crippen molar-refractivity contribution in [1.29, 1.82) is 0 Å². The van der Waals surface area contributed by atoms with Crippen LogP contribution in [0, 0.1) is 0 Å². The lowest BCUT2D eigenvalue weighted by molar-refractivity contribution is -0.115. The van der Waals surface area contributed by atoms with Crippen LogP contribution in [-0.2, 0) is 14.8 Å². The molecule has 0 aliphatic carbocycles. The van der Waals surface area contributed by atoms with Crippen LogP contribution >= 0.6 is 11.6 Å². The maximum Gasteiger partial charge on any atom is 0.243 e. The van der Waals surface area contributed by atoms with Crippen molar-refractivity contribution in [2.24, 2.45) is 0 Å². The molecular weight excluding hydrogens is 398 g/mol. The van der Waals surface area contributed by atoms with E-state index >= 15 is 0 Å². The molecule has 0 saturated carbocycles. The largest absolute Gasteiger partial charge is 0.325 e. The first-order valence-electron chi connectivity index (χ1n) is 9.16. The maximum atomic E-state index is 12.6. The fourth-order valence-electron chi connectivity index (χ4n) is 2.77. The summed E-state index contributed by atoms with van der Waals surface area (Å²) in [6.07, 6.45) is 0. The first kappa shape index (κ1) is 22.4. The number of halogens is 1. The van der Waals surface area contributed by atoms with Crippen LogP contribution in [0.2, 0.25) is 5.02 Å². The number of nitrogens with one attached hydrogen (secondary N) is 2. The maximum absolute atomic E-state index is 12.6. The standard InChI is InChI=1S/C20H26ClN3O3S/c1-4-24(5-2)28(26,27)19-8-6-7-18(13-19)23-20(25)14-22-15(3)16-9-11-17(21)12-10-16/h6-13,15,22H,4-5,14H2,1-3H3,(H,23,25)/t15-/m0/s1. The van der Waals surface area contributed by atoms with Crippen molar-refractivity contribution in [1.82, 2.24) is 9.62 Å². The molecule has 0 aliphatic heterocycles. The summed E-state index contributed by atoms with van der Waals surface area (Å²) in [5.41, 5.74) is 1.46. The average molecular weight is 424 g/mol.